The zero-order chi connectivity index (χ0) is 20.6. The molecule has 1 aromatic carbocycles. The number of piperazine rings is 2. The monoisotopic (exact) mass is 393 g/mol. The van der Waals surface area contributed by atoms with Crippen LogP contribution in [0.4, 0.5) is 16.2 Å². The van der Waals surface area contributed by atoms with Crippen molar-refractivity contribution in [3.05, 3.63) is 24.3 Å². The number of methoxy groups -OCH3 is 1. The van der Waals surface area contributed by atoms with E-state index in [0.717, 1.165) is 51.5 Å². The topological polar surface area (TPSA) is 92.1 Å². The number of nitrogens with one attached hydrogen (secondary N) is 2. The summed E-state index contributed by atoms with van der Waals surface area (Å²) in [4.78, 5) is 15.5. The minimum Gasteiger partial charge on any atom is -0.444 e. The fraction of sp³-hybridized carbons (Fsp3) is 0.650. The number of benzene rings is 1. The molecule has 1 amide bonds. The van der Waals surface area contributed by atoms with Crippen LogP contribution in [-0.2, 0) is 9.47 Å². The third-order valence-electron chi connectivity index (χ3n) is 4.45. The molecule has 0 bridgehead atoms. The van der Waals surface area contributed by atoms with E-state index in [4.69, 9.17) is 15.2 Å². The van der Waals surface area contributed by atoms with Crippen molar-refractivity contribution >= 4 is 17.5 Å². The number of hydrogen-bond donors (Lipinski definition) is 3. The van der Waals surface area contributed by atoms with Gasteiger partial charge in [0.15, 0.2) is 0 Å². The van der Waals surface area contributed by atoms with Crippen molar-refractivity contribution in [1.82, 2.24) is 15.5 Å². The molecular formula is C20H35N5O3. The number of ether oxygens (including phenoxy) is 2. The molecule has 2 aliphatic heterocycles. The molecule has 0 unspecified atom stereocenters. The van der Waals surface area contributed by atoms with Crippen LogP contribution in [0.5, 0.6) is 0 Å². The van der Waals surface area contributed by atoms with Gasteiger partial charge in [-0.3, -0.25) is 5.32 Å². The number of anilines is 2. The summed E-state index contributed by atoms with van der Waals surface area (Å²) in [6.45, 7) is 11.7. The van der Waals surface area contributed by atoms with E-state index in [0.29, 0.717) is 0 Å². The van der Waals surface area contributed by atoms with Crippen molar-refractivity contribution in [2.75, 3.05) is 63.6 Å². The van der Waals surface area contributed by atoms with Crippen molar-refractivity contribution < 1.29 is 14.3 Å². The van der Waals surface area contributed by atoms with Crippen LogP contribution in [0.3, 0.4) is 0 Å². The summed E-state index contributed by atoms with van der Waals surface area (Å²) in [5.74, 6) is 0. The van der Waals surface area contributed by atoms with E-state index >= 15 is 0 Å². The summed E-state index contributed by atoms with van der Waals surface area (Å²) in [6, 6.07) is 7.96. The molecular weight excluding hydrogens is 358 g/mol. The lowest BCUT2D eigenvalue weighted by Gasteiger charge is -2.34. The van der Waals surface area contributed by atoms with Crippen LogP contribution in [0.2, 0.25) is 0 Å². The van der Waals surface area contributed by atoms with Gasteiger partial charge >= 0.3 is 6.09 Å². The molecule has 8 nitrogen and oxygen atoms in total. The highest BCUT2D eigenvalue weighted by Gasteiger charge is 2.23. The van der Waals surface area contributed by atoms with Crippen LogP contribution in [-0.4, -0.2) is 75.7 Å². The molecule has 4 N–H and O–H groups in total. The maximum Gasteiger partial charge on any atom is 0.410 e. The summed E-state index contributed by atoms with van der Waals surface area (Å²) in [6.07, 6.45) is -0.0784. The Labute approximate surface area is 168 Å². The zero-order valence-corrected chi connectivity index (χ0v) is 17.5. The molecule has 8 heteroatoms. The third kappa shape index (κ3) is 7.53. The van der Waals surface area contributed by atoms with Crippen molar-refractivity contribution in [1.29, 1.82) is 0 Å². The molecule has 2 aliphatic rings. The van der Waals surface area contributed by atoms with Gasteiger partial charge in [-0.15, -0.1) is 0 Å². The van der Waals surface area contributed by atoms with Crippen LogP contribution in [0.1, 0.15) is 20.8 Å². The first-order chi connectivity index (χ1) is 13.3. The summed E-state index contributed by atoms with van der Waals surface area (Å²) in [7, 11) is 1.73. The lowest BCUT2D eigenvalue weighted by Crippen LogP contribution is -2.51. The maximum atomic E-state index is 11.5. The molecule has 0 saturated carbocycles. The molecule has 1 aromatic rings. The van der Waals surface area contributed by atoms with Crippen molar-refractivity contribution in [2.24, 2.45) is 0 Å². The van der Waals surface area contributed by atoms with Crippen LogP contribution in [0.15, 0.2) is 24.3 Å². The Morgan fingerprint density at radius 3 is 2.32 bits per heavy atom. The van der Waals surface area contributed by atoms with Crippen molar-refractivity contribution in [2.45, 2.75) is 32.6 Å². The van der Waals surface area contributed by atoms with Crippen LogP contribution in [0.25, 0.3) is 0 Å². The number of hydrogen-bond acceptors (Lipinski definition) is 7. The second-order valence-electron chi connectivity index (χ2n) is 7.93. The maximum absolute atomic E-state index is 11.5. The predicted molar refractivity (Wildman–Crippen MR) is 113 cm³/mol. The molecule has 0 radical (unpaired) electrons. The molecule has 28 heavy (non-hydrogen) atoms. The first-order valence-electron chi connectivity index (χ1n) is 9.84. The van der Waals surface area contributed by atoms with E-state index in [2.05, 4.69) is 15.5 Å². The molecule has 2 heterocycles. The minimum atomic E-state index is -0.387. The summed E-state index contributed by atoms with van der Waals surface area (Å²) >= 11 is 0. The molecule has 1 atom stereocenters. The van der Waals surface area contributed by atoms with Gasteiger partial charge in [0.2, 0.25) is 0 Å². The number of amides is 1. The van der Waals surface area contributed by atoms with Crippen LogP contribution >= 0.6 is 0 Å². The fourth-order valence-corrected chi connectivity index (χ4v) is 2.97. The second-order valence-corrected chi connectivity index (χ2v) is 7.93. The van der Waals surface area contributed by atoms with Crippen LogP contribution in [0, 0.1) is 0 Å². The number of carbonyl (C=O) groups excluding carboxylic acids is 1. The SMILES string of the molecule is CC(C)(C)OC(=O)N1CCNCC1.CO[C@H]1CN(c2ccc(N)cc2)CCN1. The number of carbonyl (C=O) groups is 1. The van der Waals surface area contributed by atoms with E-state index in [1.165, 1.54) is 5.69 Å². The number of nitrogens with zero attached hydrogens (tertiary/aromatic N) is 2. The van der Waals surface area contributed by atoms with Gasteiger partial charge in [-0.2, -0.15) is 0 Å². The Bertz CT molecular complexity index is 597. The average Bonchev–Trinajstić information content (AvgIpc) is 2.68. The van der Waals surface area contributed by atoms with Crippen molar-refractivity contribution in [3.8, 4) is 0 Å². The number of rotatable bonds is 2. The Hall–Kier alpha value is -2.03. The Morgan fingerprint density at radius 1 is 1.11 bits per heavy atom. The van der Waals surface area contributed by atoms with E-state index in [9.17, 15) is 4.79 Å². The summed E-state index contributed by atoms with van der Waals surface area (Å²) < 4.78 is 10.5. The van der Waals surface area contributed by atoms with Crippen LogP contribution < -0.4 is 21.3 Å². The lowest BCUT2D eigenvalue weighted by atomic mass is 10.2. The van der Waals surface area contributed by atoms with Gasteiger partial charge in [0.05, 0.1) is 6.54 Å². The molecule has 2 saturated heterocycles. The molecule has 2 fully saturated rings. The van der Waals surface area contributed by atoms with Gasteiger partial charge < -0.3 is 30.3 Å². The molecule has 158 valence electrons. The van der Waals surface area contributed by atoms with Gasteiger partial charge in [-0.1, -0.05) is 0 Å². The first-order valence-corrected chi connectivity index (χ1v) is 9.84. The predicted octanol–water partition coefficient (Wildman–Crippen LogP) is 1.48. The van der Waals surface area contributed by atoms with E-state index < -0.39 is 0 Å². The van der Waals surface area contributed by atoms with E-state index in [1.807, 2.05) is 45.0 Å². The average molecular weight is 394 g/mol. The van der Waals surface area contributed by atoms with Gasteiger partial charge in [-0.05, 0) is 45.0 Å². The van der Waals surface area contributed by atoms with Gasteiger partial charge in [0, 0.05) is 57.8 Å². The first kappa shape index (κ1) is 22.3. The molecule has 3 rings (SSSR count). The Kier molecular flexibility index (Phi) is 8.35. The number of nitrogen functional groups attached to an aromatic ring is 1. The van der Waals surface area contributed by atoms with Gasteiger partial charge in [-0.25, -0.2) is 4.79 Å². The highest BCUT2D eigenvalue weighted by atomic mass is 16.6. The minimum absolute atomic E-state index is 0.122. The van der Waals surface area contributed by atoms with E-state index in [-0.39, 0.29) is 17.9 Å². The van der Waals surface area contributed by atoms with Crippen molar-refractivity contribution in [3.63, 3.8) is 0 Å². The zero-order valence-electron chi connectivity index (χ0n) is 17.5. The summed E-state index contributed by atoms with van der Waals surface area (Å²) in [5, 5.41) is 6.47. The smallest absolute Gasteiger partial charge is 0.410 e. The molecule has 0 aliphatic carbocycles. The molecule has 0 spiro atoms. The quantitative estimate of drug-likeness (QED) is 0.656. The van der Waals surface area contributed by atoms with Gasteiger partial charge in [0.25, 0.3) is 0 Å². The molecule has 0 aromatic heterocycles. The summed E-state index contributed by atoms with van der Waals surface area (Å²) in [5.41, 5.74) is 7.27. The normalized spacial score (nSPS) is 20.2. The third-order valence-corrected chi connectivity index (χ3v) is 4.45. The largest absolute Gasteiger partial charge is 0.444 e. The van der Waals surface area contributed by atoms with E-state index in [1.54, 1.807) is 12.0 Å². The second kappa shape index (κ2) is 10.5. The van der Waals surface area contributed by atoms with Gasteiger partial charge in [0.1, 0.15) is 11.8 Å². The standard InChI is InChI=1S/C11H17N3O.C9H18N2O2/c1-15-11-8-14(7-6-13-11)10-4-2-9(12)3-5-10;1-9(2,3)13-8(12)11-6-4-10-5-7-11/h2-5,11,13H,6-8,12H2,1H3;10H,4-7H2,1-3H3/t11-;/m0./s1. The number of nitrogens with two attached hydrogens (primary N) is 1. The fourth-order valence-electron chi connectivity index (χ4n) is 2.97. The Morgan fingerprint density at radius 2 is 1.75 bits per heavy atom. The lowest BCUT2D eigenvalue weighted by molar-refractivity contribution is 0.0229. The highest BCUT2D eigenvalue weighted by molar-refractivity contribution is 5.68. The Balaban J connectivity index is 0.000000203. The highest BCUT2D eigenvalue weighted by Crippen LogP contribution is 2.17.